The van der Waals surface area contributed by atoms with Crippen LogP contribution in [-0.4, -0.2) is 33.6 Å². The molecule has 0 unspecified atom stereocenters. The summed E-state index contributed by atoms with van der Waals surface area (Å²) >= 11 is 0. The van der Waals surface area contributed by atoms with Crippen LogP contribution in [0, 0.1) is 6.92 Å². The summed E-state index contributed by atoms with van der Waals surface area (Å²) in [7, 11) is 1.57. The number of carboxylic acids is 1. The first-order valence-electron chi connectivity index (χ1n) is 8.86. The third-order valence-corrected chi connectivity index (χ3v) is 5.00. The van der Waals surface area contributed by atoms with Crippen LogP contribution in [0.1, 0.15) is 33.1 Å². The Bertz CT molecular complexity index is 1040. The smallest absolute Gasteiger partial charge is 0.412 e. The van der Waals surface area contributed by atoms with E-state index in [4.69, 9.17) is 4.74 Å². The molecule has 1 amide bonds. The number of hydrogen-bond acceptors (Lipinski definition) is 4. The molecule has 0 bridgehead atoms. The van der Waals surface area contributed by atoms with Crippen molar-refractivity contribution >= 4 is 17.9 Å². The molecule has 0 atom stereocenters. The number of aromatic nitrogens is 2. The monoisotopic (exact) mass is 377 g/mol. The first kappa shape index (κ1) is 17.8. The summed E-state index contributed by atoms with van der Waals surface area (Å²) in [6.45, 7) is 1.73. The number of carbonyl (C=O) groups is 2. The lowest BCUT2D eigenvalue weighted by atomic mass is 9.98. The van der Waals surface area contributed by atoms with Gasteiger partial charge in [-0.05, 0) is 29.2 Å². The predicted molar refractivity (Wildman–Crippen MR) is 104 cm³/mol. The normalized spacial score (nSPS) is 12.4. The number of benzene rings is 2. The van der Waals surface area contributed by atoms with Gasteiger partial charge in [0, 0.05) is 13.0 Å². The largest absolute Gasteiger partial charge is 0.477 e. The van der Waals surface area contributed by atoms with E-state index in [1.807, 2.05) is 36.4 Å². The molecule has 28 heavy (non-hydrogen) atoms. The highest BCUT2D eigenvalue weighted by Gasteiger charge is 2.29. The molecule has 2 aromatic carbocycles. The second-order valence-corrected chi connectivity index (χ2v) is 6.69. The quantitative estimate of drug-likeness (QED) is 0.722. The van der Waals surface area contributed by atoms with Gasteiger partial charge in [0.25, 0.3) is 0 Å². The van der Waals surface area contributed by atoms with Crippen LogP contribution in [0.2, 0.25) is 0 Å². The zero-order valence-corrected chi connectivity index (χ0v) is 15.5. The van der Waals surface area contributed by atoms with E-state index in [1.54, 1.807) is 14.0 Å². The Morgan fingerprint density at radius 1 is 1.11 bits per heavy atom. The highest BCUT2D eigenvalue weighted by atomic mass is 16.5. The molecule has 0 aliphatic heterocycles. The predicted octanol–water partition coefficient (Wildman–Crippen LogP) is 3.79. The van der Waals surface area contributed by atoms with Gasteiger partial charge in [-0.2, -0.15) is 5.10 Å². The molecule has 1 aliphatic rings. The second kappa shape index (κ2) is 6.84. The second-order valence-electron chi connectivity index (χ2n) is 6.69. The average molecular weight is 377 g/mol. The summed E-state index contributed by atoms with van der Waals surface area (Å²) in [4.78, 5) is 23.8. The minimum atomic E-state index is -1.15. The van der Waals surface area contributed by atoms with Crippen LogP contribution in [0.25, 0.3) is 11.1 Å². The van der Waals surface area contributed by atoms with Gasteiger partial charge in [0.05, 0.1) is 5.69 Å². The molecule has 1 aliphatic carbocycles. The highest BCUT2D eigenvalue weighted by Crippen LogP contribution is 2.44. The van der Waals surface area contributed by atoms with E-state index in [2.05, 4.69) is 22.5 Å². The van der Waals surface area contributed by atoms with Gasteiger partial charge in [-0.15, -0.1) is 0 Å². The first-order chi connectivity index (χ1) is 13.5. The van der Waals surface area contributed by atoms with Crippen molar-refractivity contribution in [1.29, 1.82) is 0 Å². The number of amides is 1. The molecule has 1 heterocycles. The van der Waals surface area contributed by atoms with Crippen LogP contribution in [-0.2, 0) is 11.8 Å². The van der Waals surface area contributed by atoms with E-state index >= 15 is 0 Å². The first-order valence-corrected chi connectivity index (χ1v) is 8.86. The van der Waals surface area contributed by atoms with Crippen molar-refractivity contribution in [3.63, 3.8) is 0 Å². The molecule has 2 N–H and O–H groups in total. The average Bonchev–Trinajstić information content (AvgIpc) is 3.14. The van der Waals surface area contributed by atoms with Gasteiger partial charge in [0.2, 0.25) is 0 Å². The molecule has 0 saturated heterocycles. The van der Waals surface area contributed by atoms with E-state index in [0.717, 1.165) is 22.3 Å². The summed E-state index contributed by atoms with van der Waals surface area (Å²) in [6.07, 6.45) is -0.715. The molecular weight excluding hydrogens is 358 g/mol. The van der Waals surface area contributed by atoms with E-state index in [-0.39, 0.29) is 23.9 Å². The number of aryl methyl sites for hydroxylation is 2. The molecule has 4 rings (SSSR count). The van der Waals surface area contributed by atoms with Crippen molar-refractivity contribution in [2.75, 3.05) is 11.9 Å². The van der Waals surface area contributed by atoms with Crippen LogP contribution in [0.5, 0.6) is 0 Å². The number of hydrogen-bond donors (Lipinski definition) is 2. The highest BCUT2D eigenvalue weighted by molar-refractivity contribution is 5.98. The number of fused-ring (bicyclic) bond motifs is 3. The van der Waals surface area contributed by atoms with Crippen molar-refractivity contribution in [2.45, 2.75) is 12.8 Å². The summed E-state index contributed by atoms with van der Waals surface area (Å²) < 4.78 is 6.78. The zero-order valence-electron chi connectivity index (χ0n) is 15.5. The standard InChI is InChI=1S/C21H19N3O4/c1-12-18(20(25)26)19(24(2)23-12)22-21(27)28-11-17-15-9-5-3-7-13(15)14-8-4-6-10-16(14)17/h3-10,17H,11H2,1-2H3,(H,22,27)(H,25,26). The van der Waals surface area contributed by atoms with Crippen molar-refractivity contribution in [3.8, 4) is 11.1 Å². The van der Waals surface area contributed by atoms with Crippen molar-refractivity contribution in [3.05, 3.63) is 70.9 Å². The zero-order chi connectivity index (χ0) is 19.8. The van der Waals surface area contributed by atoms with Gasteiger partial charge < -0.3 is 9.84 Å². The van der Waals surface area contributed by atoms with Crippen LogP contribution < -0.4 is 5.32 Å². The molecule has 3 aromatic rings. The Labute approximate surface area is 161 Å². The number of anilines is 1. The fraction of sp³-hybridized carbons (Fsp3) is 0.190. The topological polar surface area (TPSA) is 93.5 Å². The van der Waals surface area contributed by atoms with Crippen LogP contribution in [0.3, 0.4) is 0 Å². The molecule has 0 radical (unpaired) electrons. The Kier molecular flexibility index (Phi) is 4.35. The summed E-state index contributed by atoms with van der Waals surface area (Å²) in [5.41, 5.74) is 4.78. The Balaban J connectivity index is 1.53. The Morgan fingerprint density at radius 3 is 2.25 bits per heavy atom. The third-order valence-electron chi connectivity index (χ3n) is 5.00. The molecule has 0 spiro atoms. The minimum absolute atomic E-state index is 0.0454. The fourth-order valence-corrected chi connectivity index (χ4v) is 3.79. The number of ether oxygens (including phenoxy) is 1. The third kappa shape index (κ3) is 2.90. The number of nitrogens with one attached hydrogen (secondary N) is 1. The maximum absolute atomic E-state index is 12.4. The summed E-state index contributed by atoms with van der Waals surface area (Å²) in [5.74, 6) is -1.12. The van der Waals surface area contributed by atoms with Gasteiger partial charge in [0.1, 0.15) is 18.0 Å². The van der Waals surface area contributed by atoms with E-state index < -0.39 is 12.1 Å². The summed E-state index contributed by atoms with van der Waals surface area (Å²) in [6, 6.07) is 16.1. The number of carboxylic acid groups (broad SMARTS) is 1. The van der Waals surface area contributed by atoms with E-state index in [1.165, 1.54) is 4.68 Å². The lowest BCUT2D eigenvalue weighted by Crippen LogP contribution is -2.20. The number of carbonyl (C=O) groups excluding carboxylic acids is 1. The van der Waals surface area contributed by atoms with Gasteiger partial charge in [-0.25, -0.2) is 9.59 Å². The lowest BCUT2D eigenvalue weighted by molar-refractivity contribution is 0.0697. The molecule has 0 fully saturated rings. The van der Waals surface area contributed by atoms with Crippen LogP contribution >= 0.6 is 0 Å². The number of aromatic carboxylic acids is 1. The number of nitrogens with zero attached hydrogens (tertiary/aromatic N) is 2. The van der Waals surface area contributed by atoms with Gasteiger partial charge in [-0.3, -0.25) is 10.00 Å². The SMILES string of the molecule is Cc1nn(C)c(NC(=O)OCC2c3ccccc3-c3ccccc32)c1C(=O)O. The maximum atomic E-state index is 12.4. The van der Waals surface area contributed by atoms with E-state index in [9.17, 15) is 14.7 Å². The molecule has 1 aromatic heterocycles. The van der Waals surface area contributed by atoms with Crippen molar-refractivity contribution < 1.29 is 19.4 Å². The minimum Gasteiger partial charge on any atom is -0.477 e. The molecule has 7 nitrogen and oxygen atoms in total. The van der Waals surface area contributed by atoms with Crippen LogP contribution in [0.15, 0.2) is 48.5 Å². The van der Waals surface area contributed by atoms with Crippen LogP contribution in [0.4, 0.5) is 10.6 Å². The Hall–Kier alpha value is -3.61. The van der Waals surface area contributed by atoms with Gasteiger partial charge >= 0.3 is 12.1 Å². The Morgan fingerprint density at radius 2 is 1.68 bits per heavy atom. The molecule has 7 heteroatoms. The van der Waals surface area contributed by atoms with Gasteiger partial charge in [-0.1, -0.05) is 48.5 Å². The van der Waals surface area contributed by atoms with Gasteiger partial charge in [0.15, 0.2) is 0 Å². The molecule has 142 valence electrons. The lowest BCUT2D eigenvalue weighted by Gasteiger charge is -2.14. The van der Waals surface area contributed by atoms with Crippen molar-refractivity contribution in [2.24, 2.45) is 7.05 Å². The fourth-order valence-electron chi connectivity index (χ4n) is 3.79. The van der Waals surface area contributed by atoms with Crippen molar-refractivity contribution in [1.82, 2.24) is 9.78 Å². The number of rotatable bonds is 4. The maximum Gasteiger partial charge on any atom is 0.412 e. The summed E-state index contributed by atoms with van der Waals surface area (Å²) in [5, 5.41) is 15.9. The molecular formula is C21H19N3O4. The van der Waals surface area contributed by atoms with E-state index in [0.29, 0.717) is 5.69 Å². The molecule has 0 saturated carbocycles.